The van der Waals surface area contributed by atoms with Crippen LogP contribution in [0.5, 0.6) is 0 Å². The molecular weight excluding hydrogens is 260 g/mol. The second-order valence-corrected chi connectivity index (χ2v) is 4.45. The van der Waals surface area contributed by atoms with Gasteiger partial charge in [-0.25, -0.2) is 0 Å². The maximum Gasteiger partial charge on any atom is 0.318 e. The van der Waals surface area contributed by atoms with E-state index in [0.29, 0.717) is 24.7 Å². The molecule has 2 rings (SSSR count). The van der Waals surface area contributed by atoms with Crippen LogP contribution in [0.1, 0.15) is 38.5 Å². The number of esters is 1. The lowest BCUT2D eigenvalue weighted by atomic mass is 10.0. The van der Waals surface area contributed by atoms with E-state index in [1.807, 2.05) is 14.0 Å². The van der Waals surface area contributed by atoms with Crippen LogP contribution in [0.15, 0.2) is 16.9 Å². The van der Waals surface area contributed by atoms with Crippen molar-refractivity contribution in [1.82, 2.24) is 19.9 Å². The van der Waals surface area contributed by atoms with Crippen molar-refractivity contribution in [2.24, 2.45) is 7.05 Å². The van der Waals surface area contributed by atoms with Gasteiger partial charge < -0.3 is 9.26 Å². The number of aromatic nitrogens is 4. The van der Waals surface area contributed by atoms with Crippen LogP contribution in [0.25, 0.3) is 11.4 Å². The second-order valence-electron chi connectivity index (χ2n) is 4.45. The highest BCUT2D eigenvalue weighted by molar-refractivity contribution is 5.76. The largest absolute Gasteiger partial charge is 0.465 e. The van der Waals surface area contributed by atoms with E-state index in [-0.39, 0.29) is 5.97 Å². The lowest BCUT2D eigenvalue weighted by molar-refractivity contribution is -0.145. The Morgan fingerprint density at radius 1 is 1.50 bits per heavy atom. The van der Waals surface area contributed by atoms with Crippen LogP contribution in [-0.4, -0.2) is 32.5 Å². The van der Waals surface area contributed by atoms with Gasteiger partial charge in [0.1, 0.15) is 5.92 Å². The molecule has 2 aromatic rings. The number of hydrogen-bond donors (Lipinski definition) is 0. The van der Waals surface area contributed by atoms with E-state index in [9.17, 15) is 4.79 Å². The highest BCUT2D eigenvalue weighted by Gasteiger charge is 2.27. The first-order valence-corrected chi connectivity index (χ1v) is 6.65. The summed E-state index contributed by atoms with van der Waals surface area (Å²) in [5, 5.41) is 7.95. The van der Waals surface area contributed by atoms with Gasteiger partial charge in [-0.05, 0) is 13.3 Å². The molecule has 2 heterocycles. The summed E-state index contributed by atoms with van der Waals surface area (Å²) in [6.07, 6.45) is 4.88. The molecule has 7 nitrogen and oxygen atoms in total. The second kappa shape index (κ2) is 6.31. The van der Waals surface area contributed by atoms with Crippen LogP contribution in [0.2, 0.25) is 0 Å². The van der Waals surface area contributed by atoms with Crippen LogP contribution < -0.4 is 0 Å². The molecule has 108 valence electrons. The van der Waals surface area contributed by atoms with Gasteiger partial charge in [-0.15, -0.1) is 0 Å². The lowest BCUT2D eigenvalue weighted by Gasteiger charge is -2.09. The van der Waals surface area contributed by atoms with Crippen molar-refractivity contribution >= 4 is 5.97 Å². The molecule has 0 radical (unpaired) electrons. The van der Waals surface area contributed by atoms with Crippen LogP contribution >= 0.6 is 0 Å². The molecule has 0 spiro atoms. The molecule has 7 heteroatoms. The molecule has 2 aromatic heterocycles. The summed E-state index contributed by atoms with van der Waals surface area (Å²) in [6, 6.07) is 0. The molecule has 0 aliphatic carbocycles. The number of rotatable bonds is 6. The molecule has 0 aliphatic heterocycles. The summed E-state index contributed by atoms with van der Waals surface area (Å²) in [5.41, 5.74) is 0.751. The molecule has 0 bridgehead atoms. The van der Waals surface area contributed by atoms with Gasteiger partial charge in [0, 0.05) is 13.2 Å². The fourth-order valence-corrected chi connectivity index (χ4v) is 1.90. The molecule has 1 atom stereocenters. The van der Waals surface area contributed by atoms with Crippen molar-refractivity contribution < 1.29 is 14.1 Å². The third-order valence-electron chi connectivity index (χ3n) is 2.85. The van der Waals surface area contributed by atoms with Gasteiger partial charge in [-0.3, -0.25) is 9.48 Å². The van der Waals surface area contributed by atoms with E-state index >= 15 is 0 Å². The Hall–Kier alpha value is -2.18. The topological polar surface area (TPSA) is 83.0 Å². The number of aryl methyl sites for hydroxylation is 1. The van der Waals surface area contributed by atoms with Crippen LogP contribution in [0.4, 0.5) is 0 Å². The Morgan fingerprint density at radius 3 is 2.90 bits per heavy atom. The minimum Gasteiger partial charge on any atom is -0.465 e. The average molecular weight is 278 g/mol. The molecule has 0 saturated carbocycles. The van der Waals surface area contributed by atoms with Crippen LogP contribution in [0.3, 0.4) is 0 Å². The van der Waals surface area contributed by atoms with Gasteiger partial charge in [0.15, 0.2) is 0 Å². The van der Waals surface area contributed by atoms with Gasteiger partial charge in [0.25, 0.3) is 0 Å². The first-order valence-electron chi connectivity index (χ1n) is 6.65. The fourth-order valence-electron chi connectivity index (χ4n) is 1.90. The Balaban J connectivity index is 2.22. The Labute approximate surface area is 116 Å². The van der Waals surface area contributed by atoms with Gasteiger partial charge in [0.2, 0.25) is 11.7 Å². The molecule has 0 aromatic carbocycles. The molecule has 0 saturated heterocycles. The van der Waals surface area contributed by atoms with Crippen LogP contribution in [0, 0.1) is 0 Å². The number of ether oxygens (including phenoxy) is 1. The Bertz CT molecular complexity index is 576. The number of nitrogens with zero attached hydrogens (tertiary/aromatic N) is 4. The summed E-state index contributed by atoms with van der Waals surface area (Å²) >= 11 is 0. The zero-order valence-electron chi connectivity index (χ0n) is 11.9. The normalized spacial score (nSPS) is 12.3. The maximum absolute atomic E-state index is 11.9. The molecule has 20 heavy (non-hydrogen) atoms. The van der Waals surface area contributed by atoms with E-state index in [0.717, 1.165) is 12.0 Å². The Kier molecular flexibility index (Phi) is 4.49. The molecule has 0 amide bonds. The summed E-state index contributed by atoms with van der Waals surface area (Å²) in [4.78, 5) is 16.2. The van der Waals surface area contributed by atoms with Crippen molar-refractivity contribution in [3.63, 3.8) is 0 Å². The van der Waals surface area contributed by atoms with E-state index in [1.54, 1.807) is 24.0 Å². The Morgan fingerprint density at radius 2 is 2.30 bits per heavy atom. The smallest absolute Gasteiger partial charge is 0.318 e. The first-order chi connectivity index (χ1) is 9.65. The molecule has 1 unspecified atom stereocenters. The lowest BCUT2D eigenvalue weighted by Crippen LogP contribution is -2.16. The molecular formula is C13H18N4O3. The number of carbonyl (C=O) groups is 1. The molecule has 0 fully saturated rings. The predicted molar refractivity (Wildman–Crippen MR) is 70.8 cm³/mol. The van der Waals surface area contributed by atoms with Crippen molar-refractivity contribution in [3.8, 4) is 11.4 Å². The van der Waals surface area contributed by atoms with Crippen molar-refractivity contribution in [3.05, 3.63) is 18.3 Å². The fraction of sp³-hybridized carbons (Fsp3) is 0.538. The van der Waals surface area contributed by atoms with Crippen LogP contribution in [-0.2, 0) is 16.6 Å². The maximum atomic E-state index is 11.9. The monoisotopic (exact) mass is 278 g/mol. The summed E-state index contributed by atoms with van der Waals surface area (Å²) in [5.74, 6) is -0.101. The first kappa shape index (κ1) is 14.2. The quantitative estimate of drug-likeness (QED) is 0.751. The highest BCUT2D eigenvalue weighted by atomic mass is 16.5. The van der Waals surface area contributed by atoms with Crippen molar-refractivity contribution in [2.75, 3.05) is 6.61 Å². The third-order valence-corrected chi connectivity index (χ3v) is 2.85. The van der Waals surface area contributed by atoms with E-state index in [4.69, 9.17) is 9.26 Å². The zero-order valence-corrected chi connectivity index (χ0v) is 11.9. The van der Waals surface area contributed by atoms with Gasteiger partial charge in [0.05, 0.1) is 18.4 Å². The highest BCUT2D eigenvalue weighted by Crippen LogP contribution is 2.24. The third kappa shape index (κ3) is 3.04. The van der Waals surface area contributed by atoms with E-state index in [1.165, 1.54) is 0 Å². The number of hydrogen-bond acceptors (Lipinski definition) is 6. The van der Waals surface area contributed by atoms with Crippen molar-refractivity contribution in [2.45, 2.75) is 32.6 Å². The molecule has 0 N–H and O–H groups in total. The van der Waals surface area contributed by atoms with Gasteiger partial charge in [-0.2, -0.15) is 10.1 Å². The summed E-state index contributed by atoms with van der Waals surface area (Å²) in [6.45, 7) is 4.10. The predicted octanol–water partition coefficient (Wildman–Crippen LogP) is 1.92. The molecule has 0 aliphatic rings. The minimum absolute atomic E-state index is 0.296. The summed E-state index contributed by atoms with van der Waals surface area (Å²) in [7, 11) is 1.81. The SMILES string of the molecule is CCCC(C(=O)OCC)c1nc(-c2cnn(C)c2)no1. The summed E-state index contributed by atoms with van der Waals surface area (Å²) < 4.78 is 11.9. The number of carbonyl (C=O) groups excluding carboxylic acids is 1. The van der Waals surface area contributed by atoms with E-state index < -0.39 is 5.92 Å². The van der Waals surface area contributed by atoms with Gasteiger partial charge >= 0.3 is 5.97 Å². The average Bonchev–Trinajstić information content (AvgIpc) is 3.04. The zero-order chi connectivity index (χ0) is 14.5. The van der Waals surface area contributed by atoms with Crippen molar-refractivity contribution in [1.29, 1.82) is 0 Å². The standard InChI is InChI=1S/C13H18N4O3/c1-4-6-10(13(18)19-5-2)12-15-11(16-20-12)9-7-14-17(3)8-9/h7-8,10H,4-6H2,1-3H3. The van der Waals surface area contributed by atoms with Gasteiger partial charge in [-0.1, -0.05) is 18.5 Å². The minimum atomic E-state index is -0.502. The van der Waals surface area contributed by atoms with E-state index in [2.05, 4.69) is 15.2 Å².